The van der Waals surface area contributed by atoms with Crippen molar-refractivity contribution in [1.29, 1.82) is 0 Å². The SMILES string of the molecule is CCCCOc1ccc(/C=C2\SC(=S)N(CC(=O)OC)C2=O)cc1. The van der Waals surface area contributed by atoms with Gasteiger partial charge < -0.3 is 9.47 Å². The van der Waals surface area contributed by atoms with E-state index in [-0.39, 0.29) is 12.5 Å². The van der Waals surface area contributed by atoms with Crippen LogP contribution in [0, 0.1) is 0 Å². The highest BCUT2D eigenvalue weighted by molar-refractivity contribution is 8.26. The molecule has 1 aromatic carbocycles. The van der Waals surface area contributed by atoms with Crippen LogP contribution in [-0.4, -0.2) is 41.4 Å². The smallest absolute Gasteiger partial charge is 0.325 e. The number of thiocarbonyl (C=S) groups is 1. The number of unbranched alkanes of at least 4 members (excludes halogenated alkanes) is 1. The molecule has 0 aromatic heterocycles. The Morgan fingerprint density at radius 1 is 1.33 bits per heavy atom. The molecule has 1 fully saturated rings. The topological polar surface area (TPSA) is 55.8 Å². The zero-order valence-corrected chi connectivity index (χ0v) is 15.2. The number of amides is 1. The van der Waals surface area contributed by atoms with E-state index < -0.39 is 5.97 Å². The van der Waals surface area contributed by atoms with Crippen molar-refractivity contribution < 1.29 is 19.1 Å². The van der Waals surface area contributed by atoms with E-state index >= 15 is 0 Å². The number of carbonyl (C=O) groups is 2. The van der Waals surface area contributed by atoms with Crippen molar-refractivity contribution in [2.24, 2.45) is 0 Å². The second kappa shape index (κ2) is 8.84. The van der Waals surface area contributed by atoms with Crippen LogP contribution in [0.25, 0.3) is 6.08 Å². The normalized spacial score (nSPS) is 15.9. The van der Waals surface area contributed by atoms with Crippen molar-refractivity contribution in [2.75, 3.05) is 20.3 Å². The van der Waals surface area contributed by atoms with Crippen LogP contribution in [0.3, 0.4) is 0 Å². The first-order valence-electron chi connectivity index (χ1n) is 7.60. The second-order valence-electron chi connectivity index (χ2n) is 5.12. The molecule has 24 heavy (non-hydrogen) atoms. The van der Waals surface area contributed by atoms with Gasteiger partial charge in [-0.2, -0.15) is 0 Å². The van der Waals surface area contributed by atoms with Gasteiger partial charge >= 0.3 is 5.97 Å². The Kier molecular flexibility index (Phi) is 6.81. The van der Waals surface area contributed by atoms with Gasteiger partial charge in [-0.1, -0.05) is 49.5 Å². The molecule has 0 saturated carbocycles. The van der Waals surface area contributed by atoms with Crippen LogP contribution in [0.2, 0.25) is 0 Å². The minimum atomic E-state index is -0.499. The second-order valence-corrected chi connectivity index (χ2v) is 6.79. The Bertz CT molecular complexity index is 655. The van der Waals surface area contributed by atoms with Crippen LogP contribution in [-0.2, 0) is 14.3 Å². The number of carbonyl (C=O) groups excluding carboxylic acids is 2. The first-order valence-corrected chi connectivity index (χ1v) is 8.82. The molecule has 1 aliphatic heterocycles. The molecular formula is C17H19NO4S2. The highest BCUT2D eigenvalue weighted by Gasteiger charge is 2.33. The molecule has 0 unspecified atom stereocenters. The molecule has 1 amide bonds. The fraction of sp³-hybridized carbons (Fsp3) is 0.353. The van der Waals surface area contributed by atoms with Crippen molar-refractivity contribution in [2.45, 2.75) is 19.8 Å². The molecule has 5 nitrogen and oxygen atoms in total. The van der Waals surface area contributed by atoms with Gasteiger partial charge in [0.05, 0.1) is 18.6 Å². The van der Waals surface area contributed by atoms with E-state index in [4.69, 9.17) is 17.0 Å². The van der Waals surface area contributed by atoms with Crippen LogP contribution < -0.4 is 4.74 Å². The summed E-state index contributed by atoms with van der Waals surface area (Å²) in [5.41, 5.74) is 0.872. The molecule has 0 aliphatic carbocycles. The van der Waals surface area contributed by atoms with Gasteiger partial charge in [0.25, 0.3) is 5.91 Å². The van der Waals surface area contributed by atoms with Gasteiger partial charge in [0.2, 0.25) is 0 Å². The van der Waals surface area contributed by atoms with E-state index in [0.717, 1.165) is 24.2 Å². The number of methoxy groups -OCH3 is 1. The molecular weight excluding hydrogens is 346 g/mol. The number of nitrogens with zero attached hydrogens (tertiary/aromatic N) is 1. The predicted molar refractivity (Wildman–Crippen MR) is 98.7 cm³/mol. The Balaban J connectivity index is 2.04. The largest absolute Gasteiger partial charge is 0.494 e. The number of hydrogen-bond acceptors (Lipinski definition) is 6. The molecule has 2 rings (SSSR count). The number of esters is 1. The molecule has 7 heteroatoms. The third kappa shape index (κ3) is 4.82. The number of rotatable bonds is 7. The maximum Gasteiger partial charge on any atom is 0.325 e. The van der Waals surface area contributed by atoms with Crippen LogP contribution in [0.1, 0.15) is 25.3 Å². The summed E-state index contributed by atoms with van der Waals surface area (Å²) in [7, 11) is 1.28. The minimum Gasteiger partial charge on any atom is -0.494 e. The summed E-state index contributed by atoms with van der Waals surface area (Å²) >= 11 is 6.34. The summed E-state index contributed by atoms with van der Waals surface area (Å²) in [4.78, 5) is 25.4. The van der Waals surface area contributed by atoms with Crippen molar-refractivity contribution >= 4 is 46.3 Å². The summed E-state index contributed by atoms with van der Waals surface area (Å²) in [5.74, 6) is 0.0265. The van der Waals surface area contributed by atoms with Crippen LogP contribution in [0.15, 0.2) is 29.2 Å². The summed E-state index contributed by atoms with van der Waals surface area (Å²) in [6.45, 7) is 2.65. The molecule has 0 bridgehead atoms. The average Bonchev–Trinajstić information content (AvgIpc) is 2.84. The molecule has 1 heterocycles. The highest BCUT2D eigenvalue weighted by Crippen LogP contribution is 2.32. The fourth-order valence-electron chi connectivity index (χ4n) is 1.98. The Labute approximate surface area is 151 Å². The third-order valence-electron chi connectivity index (χ3n) is 3.33. The maximum atomic E-state index is 12.3. The number of thioether (sulfide) groups is 1. The molecule has 1 aromatic rings. The van der Waals surface area contributed by atoms with E-state index in [1.165, 1.54) is 23.8 Å². The van der Waals surface area contributed by atoms with Gasteiger partial charge in [-0.05, 0) is 30.2 Å². The number of ether oxygens (including phenoxy) is 2. The first-order chi connectivity index (χ1) is 11.5. The number of benzene rings is 1. The summed E-state index contributed by atoms with van der Waals surface area (Å²) in [6.07, 6.45) is 3.86. The van der Waals surface area contributed by atoms with Gasteiger partial charge in [0.15, 0.2) is 0 Å². The monoisotopic (exact) mass is 365 g/mol. The van der Waals surface area contributed by atoms with Crippen LogP contribution in [0.4, 0.5) is 0 Å². The first kappa shape index (κ1) is 18.5. The quantitative estimate of drug-likeness (QED) is 0.320. The molecule has 0 radical (unpaired) electrons. The molecule has 1 aliphatic rings. The van der Waals surface area contributed by atoms with Crippen molar-refractivity contribution in [1.82, 2.24) is 4.90 Å². The zero-order valence-electron chi connectivity index (χ0n) is 13.6. The Morgan fingerprint density at radius 3 is 2.67 bits per heavy atom. The number of hydrogen-bond donors (Lipinski definition) is 0. The Hall–Kier alpha value is -1.86. The summed E-state index contributed by atoms with van der Waals surface area (Å²) in [5, 5.41) is 0. The standard InChI is InChI=1S/C17H19NO4S2/c1-3-4-9-22-13-7-5-12(6-8-13)10-14-16(20)18(17(23)24-14)11-15(19)21-2/h5-8,10H,3-4,9,11H2,1-2H3/b14-10-. The van der Waals surface area contributed by atoms with Gasteiger partial charge in [-0.3, -0.25) is 14.5 Å². The molecule has 1 saturated heterocycles. The van der Waals surface area contributed by atoms with Gasteiger partial charge in [-0.15, -0.1) is 0 Å². The van der Waals surface area contributed by atoms with Gasteiger partial charge in [0, 0.05) is 0 Å². The Morgan fingerprint density at radius 2 is 2.04 bits per heavy atom. The minimum absolute atomic E-state index is 0.164. The van der Waals surface area contributed by atoms with Crippen molar-refractivity contribution in [3.05, 3.63) is 34.7 Å². The zero-order chi connectivity index (χ0) is 17.5. The summed E-state index contributed by atoms with van der Waals surface area (Å²) in [6, 6.07) is 7.51. The summed E-state index contributed by atoms with van der Waals surface area (Å²) < 4.78 is 10.5. The van der Waals surface area contributed by atoms with E-state index in [1.807, 2.05) is 24.3 Å². The lowest BCUT2D eigenvalue weighted by Gasteiger charge is -2.11. The lowest BCUT2D eigenvalue weighted by atomic mass is 10.2. The molecule has 0 N–H and O–H groups in total. The fourth-order valence-corrected chi connectivity index (χ4v) is 3.23. The van der Waals surface area contributed by atoms with Gasteiger partial charge in [-0.25, -0.2) is 0 Å². The third-order valence-corrected chi connectivity index (χ3v) is 4.71. The van der Waals surface area contributed by atoms with Gasteiger partial charge in [0.1, 0.15) is 16.6 Å². The van der Waals surface area contributed by atoms with Crippen molar-refractivity contribution in [3.8, 4) is 5.75 Å². The van der Waals surface area contributed by atoms with E-state index in [9.17, 15) is 9.59 Å². The van der Waals surface area contributed by atoms with Crippen molar-refractivity contribution in [3.63, 3.8) is 0 Å². The molecule has 128 valence electrons. The van der Waals surface area contributed by atoms with E-state index in [0.29, 0.717) is 15.8 Å². The highest BCUT2D eigenvalue weighted by atomic mass is 32.2. The lowest BCUT2D eigenvalue weighted by molar-refractivity contribution is -0.143. The van der Waals surface area contributed by atoms with Crippen LogP contribution >= 0.6 is 24.0 Å². The maximum absolute atomic E-state index is 12.3. The predicted octanol–water partition coefficient (Wildman–Crippen LogP) is 3.24. The van der Waals surface area contributed by atoms with E-state index in [1.54, 1.807) is 6.08 Å². The van der Waals surface area contributed by atoms with E-state index in [2.05, 4.69) is 11.7 Å². The molecule has 0 spiro atoms. The van der Waals surface area contributed by atoms with Crippen LogP contribution in [0.5, 0.6) is 5.75 Å². The average molecular weight is 365 g/mol. The lowest BCUT2D eigenvalue weighted by Crippen LogP contribution is -2.33. The molecule has 0 atom stereocenters.